The molecule has 0 amide bonds. The SMILES string of the molecule is Cl.Cl.NCc1nc2ccc(C(=O)O)cc2[nH]1. The maximum Gasteiger partial charge on any atom is 0.335 e. The number of benzene rings is 1. The van der Waals surface area contributed by atoms with Crippen molar-refractivity contribution in [3.63, 3.8) is 0 Å². The Hall–Kier alpha value is -1.30. The second kappa shape index (κ2) is 5.69. The number of aromatic carboxylic acids is 1. The summed E-state index contributed by atoms with van der Waals surface area (Å²) < 4.78 is 0. The quantitative estimate of drug-likeness (QED) is 0.767. The first-order valence-electron chi connectivity index (χ1n) is 4.12. The molecule has 0 aliphatic rings. The van der Waals surface area contributed by atoms with Crippen LogP contribution in [0.1, 0.15) is 16.2 Å². The number of hydrogen-bond donors (Lipinski definition) is 3. The Morgan fingerprint density at radius 2 is 2.12 bits per heavy atom. The lowest BCUT2D eigenvalue weighted by atomic mass is 10.2. The molecule has 0 saturated heterocycles. The maximum atomic E-state index is 10.7. The number of fused-ring (bicyclic) bond motifs is 1. The first-order chi connectivity index (χ1) is 6.70. The van der Waals surface area contributed by atoms with Gasteiger partial charge >= 0.3 is 5.97 Å². The lowest BCUT2D eigenvalue weighted by Crippen LogP contribution is -1.97. The summed E-state index contributed by atoms with van der Waals surface area (Å²) in [5, 5.41) is 8.75. The van der Waals surface area contributed by atoms with E-state index in [1.54, 1.807) is 12.1 Å². The van der Waals surface area contributed by atoms with Gasteiger partial charge < -0.3 is 15.8 Å². The van der Waals surface area contributed by atoms with E-state index in [1.807, 2.05) is 0 Å². The molecular weight excluding hydrogens is 253 g/mol. The molecule has 0 saturated carbocycles. The smallest absolute Gasteiger partial charge is 0.335 e. The van der Waals surface area contributed by atoms with Gasteiger partial charge in [0, 0.05) is 0 Å². The third kappa shape index (κ3) is 2.63. The average molecular weight is 264 g/mol. The van der Waals surface area contributed by atoms with Gasteiger partial charge in [-0.25, -0.2) is 9.78 Å². The molecule has 1 heterocycles. The number of carboxylic acid groups (broad SMARTS) is 1. The maximum absolute atomic E-state index is 10.7. The van der Waals surface area contributed by atoms with Crippen molar-refractivity contribution in [2.24, 2.45) is 5.73 Å². The fourth-order valence-electron chi connectivity index (χ4n) is 1.29. The van der Waals surface area contributed by atoms with Gasteiger partial charge in [-0.05, 0) is 18.2 Å². The van der Waals surface area contributed by atoms with Crippen LogP contribution in [0, 0.1) is 0 Å². The highest BCUT2D eigenvalue weighted by atomic mass is 35.5. The number of halogens is 2. The molecule has 88 valence electrons. The number of imidazole rings is 1. The fourth-order valence-corrected chi connectivity index (χ4v) is 1.29. The Labute approximate surface area is 104 Å². The topological polar surface area (TPSA) is 92.0 Å². The molecule has 2 aromatic rings. The normalized spacial score (nSPS) is 9.31. The minimum atomic E-state index is -0.948. The monoisotopic (exact) mass is 263 g/mol. The molecule has 0 unspecified atom stereocenters. The number of rotatable bonds is 2. The lowest BCUT2D eigenvalue weighted by molar-refractivity contribution is 0.0697. The number of aromatic nitrogens is 2. The number of nitrogens with two attached hydrogens (primary N) is 1. The Bertz CT molecular complexity index is 498. The largest absolute Gasteiger partial charge is 0.478 e. The number of hydrogen-bond acceptors (Lipinski definition) is 3. The first-order valence-corrected chi connectivity index (χ1v) is 4.12. The van der Waals surface area contributed by atoms with Gasteiger partial charge in [0.2, 0.25) is 0 Å². The van der Waals surface area contributed by atoms with Crippen molar-refractivity contribution in [2.45, 2.75) is 6.54 Å². The van der Waals surface area contributed by atoms with E-state index in [2.05, 4.69) is 9.97 Å². The third-order valence-corrected chi connectivity index (χ3v) is 1.97. The van der Waals surface area contributed by atoms with Crippen LogP contribution in [-0.4, -0.2) is 21.0 Å². The summed E-state index contributed by atoms with van der Waals surface area (Å²) in [7, 11) is 0. The van der Waals surface area contributed by atoms with Crippen molar-refractivity contribution in [3.05, 3.63) is 29.6 Å². The molecule has 0 atom stereocenters. The molecule has 0 fully saturated rings. The van der Waals surface area contributed by atoms with Crippen LogP contribution < -0.4 is 5.73 Å². The predicted molar refractivity (Wildman–Crippen MR) is 65.4 cm³/mol. The van der Waals surface area contributed by atoms with Crippen LogP contribution in [0.15, 0.2) is 18.2 Å². The molecule has 0 aliphatic heterocycles. The molecule has 1 aromatic heterocycles. The van der Waals surface area contributed by atoms with Crippen molar-refractivity contribution < 1.29 is 9.90 Å². The summed E-state index contributed by atoms with van der Waals surface area (Å²) in [6.45, 7) is 0.317. The lowest BCUT2D eigenvalue weighted by Gasteiger charge is -1.92. The Kier molecular flexibility index (Phi) is 5.23. The standard InChI is InChI=1S/C9H9N3O2.2ClH/c10-4-8-11-6-2-1-5(9(13)14)3-7(6)12-8;;/h1-3H,4,10H2,(H,11,12)(H,13,14);2*1H. The van der Waals surface area contributed by atoms with E-state index in [0.717, 1.165) is 5.52 Å². The van der Waals surface area contributed by atoms with E-state index in [9.17, 15) is 4.79 Å². The Morgan fingerprint density at radius 1 is 1.44 bits per heavy atom. The Balaban J connectivity index is 0.00000112. The molecule has 0 radical (unpaired) electrons. The van der Waals surface area contributed by atoms with Gasteiger partial charge in [-0.15, -0.1) is 24.8 Å². The van der Waals surface area contributed by atoms with Crippen LogP contribution in [0.5, 0.6) is 0 Å². The predicted octanol–water partition coefficient (Wildman–Crippen LogP) is 1.56. The molecule has 0 bridgehead atoms. The van der Waals surface area contributed by atoms with Crippen molar-refractivity contribution in [1.29, 1.82) is 0 Å². The van der Waals surface area contributed by atoms with E-state index in [1.165, 1.54) is 6.07 Å². The number of aromatic amines is 1. The summed E-state index contributed by atoms with van der Waals surface area (Å²) >= 11 is 0. The van der Waals surface area contributed by atoms with Crippen molar-refractivity contribution in [1.82, 2.24) is 9.97 Å². The van der Waals surface area contributed by atoms with Crippen LogP contribution in [0.4, 0.5) is 0 Å². The molecule has 0 spiro atoms. The van der Waals surface area contributed by atoms with Crippen molar-refractivity contribution >= 4 is 41.8 Å². The van der Waals surface area contributed by atoms with E-state index >= 15 is 0 Å². The molecule has 16 heavy (non-hydrogen) atoms. The number of carboxylic acids is 1. The van der Waals surface area contributed by atoms with Gasteiger partial charge in [-0.1, -0.05) is 0 Å². The number of carbonyl (C=O) groups is 1. The molecule has 2 rings (SSSR count). The van der Waals surface area contributed by atoms with Gasteiger partial charge in [0.25, 0.3) is 0 Å². The minimum Gasteiger partial charge on any atom is -0.478 e. The van der Waals surface area contributed by atoms with Crippen LogP contribution in [0.25, 0.3) is 11.0 Å². The first kappa shape index (κ1) is 14.7. The van der Waals surface area contributed by atoms with Crippen molar-refractivity contribution in [2.75, 3.05) is 0 Å². The molecule has 7 heteroatoms. The van der Waals surface area contributed by atoms with E-state index in [-0.39, 0.29) is 30.4 Å². The summed E-state index contributed by atoms with van der Waals surface area (Å²) in [5.74, 6) is -0.293. The van der Waals surface area contributed by atoms with Gasteiger partial charge in [0.15, 0.2) is 0 Å². The molecule has 4 N–H and O–H groups in total. The third-order valence-electron chi connectivity index (χ3n) is 1.97. The molecule has 0 aliphatic carbocycles. The van der Waals surface area contributed by atoms with Gasteiger partial charge in [0.1, 0.15) is 5.82 Å². The van der Waals surface area contributed by atoms with Crippen LogP contribution in [0.2, 0.25) is 0 Å². The highest BCUT2D eigenvalue weighted by Crippen LogP contribution is 2.13. The Morgan fingerprint density at radius 3 is 2.69 bits per heavy atom. The molecule has 5 nitrogen and oxygen atoms in total. The molecular formula is C9H11Cl2N3O2. The van der Waals surface area contributed by atoms with Crippen molar-refractivity contribution in [3.8, 4) is 0 Å². The zero-order chi connectivity index (χ0) is 10.1. The van der Waals surface area contributed by atoms with Gasteiger partial charge in [-0.2, -0.15) is 0 Å². The zero-order valence-electron chi connectivity index (χ0n) is 8.14. The van der Waals surface area contributed by atoms with E-state index in [4.69, 9.17) is 10.8 Å². The summed E-state index contributed by atoms with van der Waals surface area (Å²) in [5.41, 5.74) is 7.07. The molecule has 1 aromatic carbocycles. The van der Waals surface area contributed by atoms with Crippen LogP contribution >= 0.6 is 24.8 Å². The minimum absolute atomic E-state index is 0. The van der Waals surface area contributed by atoms with Gasteiger partial charge in [0.05, 0.1) is 23.1 Å². The highest BCUT2D eigenvalue weighted by Gasteiger charge is 2.06. The van der Waals surface area contributed by atoms with E-state index in [0.29, 0.717) is 17.9 Å². The summed E-state index contributed by atoms with van der Waals surface area (Å²) in [6, 6.07) is 4.73. The van der Waals surface area contributed by atoms with Crippen LogP contribution in [-0.2, 0) is 6.54 Å². The average Bonchev–Trinajstić information content (AvgIpc) is 2.58. The number of H-pyrrole nitrogens is 1. The zero-order valence-corrected chi connectivity index (χ0v) is 9.77. The van der Waals surface area contributed by atoms with Gasteiger partial charge in [-0.3, -0.25) is 0 Å². The second-order valence-electron chi connectivity index (χ2n) is 2.92. The second-order valence-corrected chi connectivity index (χ2v) is 2.92. The fraction of sp³-hybridized carbons (Fsp3) is 0.111. The number of nitrogens with one attached hydrogen (secondary N) is 1. The highest BCUT2D eigenvalue weighted by molar-refractivity contribution is 5.92. The summed E-state index contributed by atoms with van der Waals surface area (Å²) in [4.78, 5) is 17.8. The van der Waals surface area contributed by atoms with Crippen LogP contribution in [0.3, 0.4) is 0 Å². The van der Waals surface area contributed by atoms with E-state index < -0.39 is 5.97 Å². The number of nitrogens with zero attached hydrogens (tertiary/aromatic N) is 1. The summed E-state index contributed by atoms with van der Waals surface area (Å²) in [6.07, 6.45) is 0.